The molecule has 5 atom stereocenters. The van der Waals surface area contributed by atoms with Gasteiger partial charge in [-0.2, -0.15) is 14.4 Å². The maximum absolute atomic E-state index is 14.2. The summed E-state index contributed by atoms with van der Waals surface area (Å²) >= 11 is 0. The van der Waals surface area contributed by atoms with Gasteiger partial charge in [0, 0.05) is 13.1 Å². The van der Waals surface area contributed by atoms with E-state index in [-0.39, 0.29) is 12.5 Å². The van der Waals surface area contributed by atoms with E-state index < -0.39 is 43.0 Å². The predicted octanol–water partition coefficient (Wildman–Crippen LogP) is -2.02. The Morgan fingerprint density at radius 2 is 1.96 bits per heavy atom. The molecule has 144 valence electrons. The van der Waals surface area contributed by atoms with Gasteiger partial charge in [-0.1, -0.05) is 6.42 Å². The monoisotopic (exact) mass is 370 g/mol. The molecule has 0 aromatic rings. The highest BCUT2D eigenvalue weighted by Gasteiger charge is 2.53. The van der Waals surface area contributed by atoms with Crippen molar-refractivity contribution in [1.29, 1.82) is 0 Å². The molecule has 4 aliphatic heterocycles. The first kappa shape index (κ1) is 17.9. The molecule has 0 bridgehead atoms. The summed E-state index contributed by atoms with van der Waals surface area (Å²) in [5, 5.41) is 29.5. The fourth-order valence-electron chi connectivity index (χ4n) is 3.92. The lowest BCUT2D eigenvalue weighted by molar-refractivity contribution is -0.0688. The number of hydrogen-bond acceptors (Lipinski definition) is 10. The Morgan fingerprint density at radius 3 is 2.62 bits per heavy atom. The Labute approximate surface area is 149 Å². The van der Waals surface area contributed by atoms with Crippen molar-refractivity contribution in [3.8, 4) is 0 Å². The van der Waals surface area contributed by atoms with E-state index in [1.54, 1.807) is 0 Å². The van der Waals surface area contributed by atoms with E-state index >= 15 is 0 Å². The van der Waals surface area contributed by atoms with Crippen LogP contribution < -0.4 is 5.73 Å². The van der Waals surface area contributed by atoms with Gasteiger partial charge < -0.3 is 25.0 Å². The third kappa shape index (κ3) is 2.66. The molecule has 0 aromatic carbocycles. The van der Waals surface area contributed by atoms with Crippen molar-refractivity contribution in [2.24, 2.45) is 20.7 Å². The molecule has 11 heteroatoms. The molecule has 4 rings (SSSR count). The third-order valence-electron chi connectivity index (χ3n) is 5.34. The van der Waals surface area contributed by atoms with E-state index in [2.05, 4.69) is 15.0 Å². The molecule has 0 radical (unpaired) electrons. The quantitative estimate of drug-likeness (QED) is 0.420. The molecule has 1 unspecified atom stereocenters. The number of nitrogens with zero attached hydrogens (tertiary/aromatic N) is 5. The maximum Gasteiger partial charge on any atom is 0.309 e. The van der Waals surface area contributed by atoms with Crippen molar-refractivity contribution in [3.05, 3.63) is 0 Å². The van der Waals surface area contributed by atoms with Crippen LogP contribution >= 0.6 is 0 Å². The standard InChI is InChI=1S/C15H23FN6O4/c16-14-19-12-11(15(17,20-14)21-4-2-1-3-5-21)18-7-22(12)13-10(25)9(24)8(6-23)26-13/h8-10,13,23-25H,1-7,17H2/t8-,9-,10-,13-,15?/m1/s1. The number of nitrogens with two attached hydrogens (primary N) is 1. The van der Waals surface area contributed by atoms with Gasteiger partial charge in [0.15, 0.2) is 12.1 Å². The Balaban J connectivity index is 1.62. The van der Waals surface area contributed by atoms with Crippen molar-refractivity contribution in [2.45, 2.75) is 49.6 Å². The van der Waals surface area contributed by atoms with E-state index in [0.29, 0.717) is 18.8 Å². The van der Waals surface area contributed by atoms with Gasteiger partial charge in [-0.15, -0.1) is 0 Å². The van der Waals surface area contributed by atoms with Crippen molar-refractivity contribution in [1.82, 2.24) is 9.80 Å². The summed E-state index contributed by atoms with van der Waals surface area (Å²) in [7, 11) is 0. The lowest BCUT2D eigenvalue weighted by Gasteiger charge is -2.41. The first-order valence-corrected chi connectivity index (χ1v) is 8.78. The molecule has 2 fully saturated rings. The van der Waals surface area contributed by atoms with E-state index in [4.69, 9.17) is 10.5 Å². The Bertz CT molecular complexity index is 667. The fraction of sp³-hybridized carbons (Fsp3) is 0.800. The fourth-order valence-corrected chi connectivity index (χ4v) is 3.92. The lowest BCUT2D eigenvalue weighted by Crippen LogP contribution is -2.65. The number of fused-ring (bicyclic) bond motifs is 1. The highest BCUT2D eigenvalue weighted by Crippen LogP contribution is 2.31. The molecule has 0 saturated carbocycles. The van der Waals surface area contributed by atoms with Crippen molar-refractivity contribution >= 4 is 17.6 Å². The first-order chi connectivity index (χ1) is 12.5. The van der Waals surface area contributed by atoms with Gasteiger partial charge in [0.05, 0.1) is 6.61 Å². The number of halogens is 1. The Morgan fingerprint density at radius 1 is 1.23 bits per heavy atom. The first-order valence-electron chi connectivity index (χ1n) is 8.78. The second-order valence-electron chi connectivity index (χ2n) is 6.94. The second-order valence-corrected chi connectivity index (χ2v) is 6.94. The number of aliphatic hydroxyl groups is 3. The van der Waals surface area contributed by atoms with E-state index in [0.717, 1.165) is 19.3 Å². The summed E-state index contributed by atoms with van der Waals surface area (Å²) in [5.41, 5.74) is 6.77. The number of aliphatic hydroxyl groups excluding tert-OH is 3. The smallest absolute Gasteiger partial charge is 0.309 e. The van der Waals surface area contributed by atoms with E-state index in [1.165, 1.54) is 4.90 Å². The van der Waals surface area contributed by atoms with Crippen LogP contribution in [-0.2, 0) is 4.74 Å². The molecule has 4 aliphatic rings. The number of likely N-dealkylation sites (tertiary alicyclic amines) is 1. The van der Waals surface area contributed by atoms with Gasteiger partial charge in [-0.3, -0.25) is 15.6 Å². The Kier molecular flexibility index (Phi) is 4.53. The number of piperidine rings is 1. The second kappa shape index (κ2) is 6.59. The van der Waals surface area contributed by atoms with Gasteiger partial charge in [0.2, 0.25) is 5.79 Å². The topological polar surface area (TPSA) is 140 Å². The maximum atomic E-state index is 14.2. The SMILES string of the molecule is NC1(N2CCCCC2)N=C(F)N=C2C1=NCN2[C@@H]1O[C@H](CO)[C@@H](O)[C@H]1O. The van der Waals surface area contributed by atoms with Crippen LogP contribution in [0.2, 0.25) is 0 Å². The predicted molar refractivity (Wildman–Crippen MR) is 90.2 cm³/mol. The number of aliphatic imine (C=N–C) groups is 3. The molecule has 0 amide bonds. The largest absolute Gasteiger partial charge is 0.394 e. The van der Waals surface area contributed by atoms with Gasteiger partial charge in [-0.05, 0) is 12.8 Å². The van der Waals surface area contributed by atoms with Crippen molar-refractivity contribution in [3.63, 3.8) is 0 Å². The van der Waals surface area contributed by atoms with E-state index in [9.17, 15) is 19.7 Å². The molecular formula is C15H23FN6O4. The van der Waals surface area contributed by atoms with E-state index in [1.807, 2.05) is 4.90 Å². The zero-order valence-corrected chi connectivity index (χ0v) is 14.2. The summed E-state index contributed by atoms with van der Waals surface area (Å²) in [6, 6.07) is 0. The van der Waals surface area contributed by atoms with Crippen molar-refractivity contribution < 1.29 is 24.4 Å². The molecule has 0 spiro atoms. The van der Waals surface area contributed by atoms with Crippen LogP contribution in [0.25, 0.3) is 0 Å². The summed E-state index contributed by atoms with van der Waals surface area (Å²) in [6.07, 6.45) is -2.52. The third-order valence-corrected chi connectivity index (χ3v) is 5.34. The molecule has 0 aromatic heterocycles. The van der Waals surface area contributed by atoms with Gasteiger partial charge >= 0.3 is 6.09 Å². The number of rotatable bonds is 3. The lowest BCUT2D eigenvalue weighted by atomic mass is 10.0. The molecular weight excluding hydrogens is 347 g/mol. The molecule has 2 saturated heterocycles. The zero-order valence-electron chi connectivity index (χ0n) is 14.2. The minimum Gasteiger partial charge on any atom is -0.394 e. The van der Waals surface area contributed by atoms with Gasteiger partial charge in [0.1, 0.15) is 30.7 Å². The molecule has 5 N–H and O–H groups in total. The van der Waals surface area contributed by atoms with Gasteiger partial charge in [-0.25, -0.2) is 0 Å². The zero-order chi connectivity index (χ0) is 18.5. The van der Waals surface area contributed by atoms with Crippen LogP contribution in [0.15, 0.2) is 15.0 Å². The van der Waals surface area contributed by atoms with Gasteiger partial charge in [0.25, 0.3) is 0 Å². The Hall–Kier alpha value is -1.50. The highest BCUT2D eigenvalue weighted by atomic mass is 19.1. The minimum absolute atomic E-state index is 0.0380. The summed E-state index contributed by atoms with van der Waals surface area (Å²) in [5.74, 6) is -1.31. The van der Waals surface area contributed by atoms with Crippen LogP contribution in [0.5, 0.6) is 0 Å². The highest BCUT2D eigenvalue weighted by molar-refractivity contribution is 6.47. The normalized spacial score (nSPS) is 41.0. The number of amidine groups is 2. The molecule has 10 nitrogen and oxygen atoms in total. The molecule has 4 heterocycles. The molecule has 26 heavy (non-hydrogen) atoms. The number of ether oxygens (including phenoxy) is 1. The summed E-state index contributed by atoms with van der Waals surface area (Å²) in [4.78, 5) is 15.5. The van der Waals surface area contributed by atoms with Crippen molar-refractivity contribution in [2.75, 3.05) is 26.4 Å². The average Bonchev–Trinajstić information content (AvgIpc) is 3.18. The molecule has 0 aliphatic carbocycles. The van der Waals surface area contributed by atoms with Crippen LogP contribution in [0.1, 0.15) is 19.3 Å². The van der Waals surface area contributed by atoms with Crippen LogP contribution in [-0.4, -0.2) is 99.4 Å². The summed E-state index contributed by atoms with van der Waals surface area (Å²) in [6.45, 7) is 0.935. The summed E-state index contributed by atoms with van der Waals surface area (Å²) < 4.78 is 19.8. The van der Waals surface area contributed by atoms with Crippen LogP contribution in [0.3, 0.4) is 0 Å². The van der Waals surface area contributed by atoms with Crippen LogP contribution in [0.4, 0.5) is 4.39 Å². The minimum atomic E-state index is -1.45. The number of hydrogen-bond donors (Lipinski definition) is 4. The average molecular weight is 370 g/mol. The van der Waals surface area contributed by atoms with Crippen LogP contribution in [0, 0.1) is 0 Å².